The maximum Gasteiger partial charge on any atom is 0.226 e. The van der Waals surface area contributed by atoms with Crippen LogP contribution in [0.15, 0.2) is 59.1 Å². The molecular weight excluding hydrogens is 338 g/mol. The van der Waals surface area contributed by atoms with Gasteiger partial charge in [-0.3, -0.25) is 9.30 Å². The quantitative estimate of drug-likeness (QED) is 0.551. The summed E-state index contributed by atoms with van der Waals surface area (Å²) in [6, 6.07) is 16.3. The summed E-state index contributed by atoms with van der Waals surface area (Å²) in [5, 5.41) is 8.79. The van der Waals surface area contributed by atoms with Crippen molar-refractivity contribution in [3.8, 4) is 11.5 Å². The van der Waals surface area contributed by atoms with Crippen molar-refractivity contribution in [3.63, 3.8) is 0 Å². The topological polar surface area (TPSA) is 59.5 Å². The summed E-state index contributed by atoms with van der Waals surface area (Å²) in [5.74, 6) is 2.57. The molecule has 27 heavy (non-hydrogen) atoms. The number of nitrogens with zero attached hydrogens (tertiary/aromatic N) is 5. The Kier molecular flexibility index (Phi) is 3.98. The van der Waals surface area contributed by atoms with Crippen LogP contribution in [0.2, 0.25) is 0 Å². The zero-order valence-electron chi connectivity index (χ0n) is 15.2. The van der Waals surface area contributed by atoms with E-state index in [-0.39, 0.29) is 6.04 Å². The van der Waals surface area contributed by atoms with Gasteiger partial charge in [0.15, 0.2) is 11.5 Å². The van der Waals surface area contributed by atoms with Gasteiger partial charge in [0, 0.05) is 18.3 Å². The molecule has 136 valence electrons. The first kappa shape index (κ1) is 16.2. The molecule has 5 rings (SSSR count). The third-order valence-electron chi connectivity index (χ3n) is 5.27. The molecule has 6 nitrogen and oxygen atoms in total. The Hall–Kier alpha value is -2.99. The lowest BCUT2D eigenvalue weighted by Crippen LogP contribution is -2.24. The number of benzene rings is 1. The molecule has 4 aromatic rings. The van der Waals surface area contributed by atoms with Gasteiger partial charge in [-0.1, -0.05) is 24.3 Å². The molecule has 0 saturated carbocycles. The van der Waals surface area contributed by atoms with Crippen LogP contribution in [0, 0.1) is 6.92 Å². The van der Waals surface area contributed by atoms with E-state index in [1.54, 1.807) is 0 Å². The van der Waals surface area contributed by atoms with Crippen LogP contribution in [0.1, 0.15) is 36.2 Å². The number of aromatic nitrogens is 4. The predicted octanol–water partition coefficient (Wildman–Crippen LogP) is 4.03. The van der Waals surface area contributed by atoms with Gasteiger partial charge in [-0.05, 0) is 50.6 Å². The molecule has 0 N–H and O–H groups in total. The Bertz CT molecular complexity index is 1070. The molecular formula is C21H21N5O. The number of fused-ring (bicyclic) bond motifs is 1. The summed E-state index contributed by atoms with van der Waals surface area (Å²) >= 11 is 0. The van der Waals surface area contributed by atoms with Crippen molar-refractivity contribution < 1.29 is 4.42 Å². The van der Waals surface area contributed by atoms with Gasteiger partial charge < -0.3 is 4.42 Å². The number of oxazole rings is 1. The largest absolute Gasteiger partial charge is 0.441 e. The lowest BCUT2D eigenvalue weighted by Gasteiger charge is -2.22. The van der Waals surface area contributed by atoms with Crippen molar-refractivity contribution in [3.05, 3.63) is 72.0 Å². The molecule has 3 aromatic heterocycles. The van der Waals surface area contributed by atoms with Crippen LogP contribution in [-0.2, 0) is 6.54 Å². The van der Waals surface area contributed by atoms with Crippen molar-refractivity contribution in [2.75, 3.05) is 6.54 Å². The minimum Gasteiger partial charge on any atom is -0.441 e. The highest BCUT2D eigenvalue weighted by Gasteiger charge is 2.31. The number of likely N-dealkylation sites (tertiary alicyclic amines) is 1. The normalized spacial score (nSPS) is 17.7. The lowest BCUT2D eigenvalue weighted by molar-refractivity contribution is 0.235. The summed E-state index contributed by atoms with van der Waals surface area (Å²) in [7, 11) is 0. The predicted molar refractivity (Wildman–Crippen MR) is 102 cm³/mol. The summed E-state index contributed by atoms with van der Waals surface area (Å²) in [6.07, 6.45) is 4.27. The fraction of sp³-hybridized carbons (Fsp3) is 0.286. The Balaban J connectivity index is 1.43. The first-order valence-corrected chi connectivity index (χ1v) is 9.35. The number of rotatable bonds is 4. The molecule has 1 aliphatic heterocycles. The minimum atomic E-state index is 0.249. The van der Waals surface area contributed by atoms with Crippen LogP contribution in [0.5, 0.6) is 0 Å². The third kappa shape index (κ3) is 2.92. The summed E-state index contributed by atoms with van der Waals surface area (Å²) < 4.78 is 8.03. The molecule has 0 amide bonds. The van der Waals surface area contributed by atoms with Crippen molar-refractivity contribution in [2.45, 2.75) is 32.4 Å². The standard InChI is InChI=1S/C21H21N5O/c1-15-17(22-21(27-15)16-8-3-2-4-9-16)14-25-12-7-10-18(25)20-24-23-19-11-5-6-13-26(19)20/h2-6,8-9,11,13,18H,7,10,12,14H2,1H3/t18-/m0/s1. The van der Waals surface area contributed by atoms with Crippen LogP contribution in [0.25, 0.3) is 17.1 Å². The number of pyridine rings is 1. The fourth-order valence-corrected chi connectivity index (χ4v) is 3.87. The molecule has 1 atom stereocenters. The zero-order chi connectivity index (χ0) is 18.2. The maximum absolute atomic E-state index is 5.94. The average molecular weight is 359 g/mol. The average Bonchev–Trinajstić information content (AvgIpc) is 3.42. The van der Waals surface area contributed by atoms with Gasteiger partial charge in [-0.15, -0.1) is 10.2 Å². The minimum absolute atomic E-state index is 0.249. The smallest absolute Gasteiger partial charge is 0.226 e. The summed E-state index contributed by atoms with van der Waals surface area (Å²) in [5.41, 5.74) is 2.89. The Labute approximate surface area is 157 Å². The van der Waals surface area contributed by atoms with Crippen molar-refractivity contribution in [2.24, 2.45) is 0 Å². The lowest BCUT2D eigenvalue weighted by atomic mass is 10.2. The molecule has 1 aliphatic rings. The van der Waals surface area contributed by atoms with E-state index >= 15 is 0 Å². The Morgan fingerprint density at radius 1 is 1.07 bits per heavy atom. The number of hydrogen-bond donors (Lipinski definition) is 0. The van der Waals surface area contributed by atoms with Gasteiger partial charge in [-0.25, -0.2) is 4.98 Å². The van der Waals surface area contributed by atoms with Gasteiger partial charge in [0.2, 0.25) is 5.89 Å². The molecule has 0 aliphatic carbocycles. The van der Waals surface area contributed by atoms with Crippen LogP contribution >= 0.6 is 0 Å². The molecule has 4 heterocycles. The second-order valence-electron chi connectivity index (χ2n) is 7.00. The van der Waals surface area contributed by atoms with E-state index in [1.165, 1.54) is 0 Å². The van der Waals surface area contributed by atoms with Gasteiger partial charge in [0.1, 0.15) is 5.76 Å². The number of aryl methyl sites for hydroxylation is 1. The van der Waals surface area contributed by atoms with E-state index in [2.05, 4.69) is 19.5 Å². The van der Waals surface area contributed by atoms with E-state index in [4.69, 9.17) is 9.40 Å². The van der Waals surface area contributed by atoms with Crippen LogP contribution in [0.3, 0.4) is 0 Å². The second kappa shape index (κ2) is 6.63. The highest BCUT2D eigenvalue weighted by atomic mass is 16.4. The van der Waals surface area contributed by atoms with Crippen molar-refractivity contribution >= 4 is 5.65 Å². The van der Waals surface area contributed by atoms with E-state index in [9.17, 15) is 0 Å². The van der Waals surface area contributed by atoms with E-state index in [0.29, 0.717) is 5.89 Å². The van der Waals surface area contributed by atoms with Gasteiger partial charge in [0.05, 0.1) is 11.7 Å². The van der Waals surface area contributed by atoms with Gasteiger partial charge in [-0.2, -0.15) is 0 Å². The molecule has 0 radical (unpaired) electrons. The molecule has 1 saturated heterocycles. The third-order valence-corrected chi connectivity index (χ3v) is 5.27. The van der Waals surface area contributed by atoms with Crippen LogP contribution in [0.4, 0.5) is 0 Å². The molecule has 1 fully saturated rings. The highest BCUT2D eigenvalue weighted by molar-refractivity contribution is 5.53. The maximum atomic E-state index is 5.94. The van der Waals surface area contributed by atoms with Crippen molar-refractivity contribution in [1.29, 1.82) is 0 Å². The molecule has 6 heteroatoms. The summed E-state index contributed by atoms with van der Waals surface area (Å²) in [6.45, 7) is 3.78. The highest BCUT2D eigenvalue weighted by Crippen LogP contribution is 2.33. The Morgan fingerprint density at radius 3 is 2.81 bits per heavy atom. The van der Waals surface area contributed by atoms with Crippen LogP contribution in [-0.4, -0.2) is 31.0 Å². The second-order valence-corrected chi connectivity index (χ2v) is 7.00. The monoisotopic (exact) mass is 359 g/mol. The zero-order valence-corrected chi connectivity index (χ0v) is 15.2. The fourth-order valence-electron chi connectivity index (χ4n) is 3.87. The summed E-state index contributed by atoms with van der Waals surface area (Å²) in [4.78, 5) is 7.20. The Morgan fingerprint density at radius 2 is 1.93 bits per heavy atom. The van der Waals surface area contributed by atoms with E-state index in [0.717, 1.165) is 54.4 Å². The molecule has 1 aromatic carbocycles. The van der Waals surface area contributed by atoms with Gasteiger partial charge in [0.25, 0.3) is 0 Å². The number of hydrogen-bond acceptors (Lipinski definition) is 5. The van der Waals surface area contributed by atoms with Crippen LogP contribution < -0.4 is 0 Å². The van der Waals surface area contributed by atoms with E-state index in [1.807, 2.05) is 61.7 Å². The first-order chi connectivity index (χ1) is 13.3. The van der Waals surface area contributed by atoms with E-state index < -0.39 is 0 Å². The molecule has 0 unspecified atom stereocenters. The molecule has 0 spiro atoms. The first-order valence-electron chi connectivity index (χ1n) is 9.35. The van der Waals surface area contributed by atoms with Gasteiger partial charge >= 0.3 is 0 Å². The van der Waals surface area contributed by atoms with Crippen molar-refractivity contribution in [1.82, 2.24) is 24.5 Å². The SMILES string of the molecule is Cc1oc(-c2ccccc2)nc1CN1CCC[C@H]1c1nnc2ccccn12. The molecule has 0 bridgehead atoms.